The molecular formula is C27H17ClN2O2. The summed E-state index contributed by atoms with van der Waals surface area (Å²) in [6, 6.07) is 22.4. The lowest BCUT2D eigenvalue weighted by molar-refractivity contribution is 0.0675. The molecule has 0 aromatic heterocycles. The van der Waals surface area contributed by atoms with Crippen LogP contribution in [0.4, 0.5) is 0 Å². The lowest BCUT2D eigenvalue weighted by Crippen LogP contribution is -2.30. The van der Waals surface area contributed by atoms with E-state index < -0.39 is 0 Å². The molecule has 5 heteroatoms. The first kappa shape index (κ1) is 20.0. The van der Waals surface area contributed by atoms with Crippen LogP contribution < -0.4 is 0 Å². The molecule has 4 nitrogen and oxygen atoms in total. The third-order valence-corrected chi connectivity index (χ3v) is 5.69. The molecule has 2 aliphatic rings. The number of halogens is 1. The van der Waals surface area contributed by atoms with Gasteiger partial charge in [-0.05, 0) is 35.9 Å². The van der Waals surface area contributed by atoms with E-state index in [4.69, 9.17) is 16.6 Å². The summed E-state index contributed by atoms with van der Waals surface area (Å²) in [7, 11) is 0. The fourth-order valence-corrected chi connectivity index (χ4v) is 4.10. The average molecular weight is 437 g/mol. The van der Waals surface area contributed by atoms with Crippen molar-refractivity contribution in [3.05, 3.63) is 112 Å². The van der Waals surface area contributed by atoms with Crippen molar-refractivity contribution in [2.45, 2.75) is 0 Å². The molecule has 0 spiro atoms. The average Bonchev–Trinajstić information content (AvgIpc) is 2.95. The maximum atomic E-state index is 12.6. The van der Waals surface area contributed by atoms with Crippen molar-refractivity contribution in [1.29, 1.82) is 0 Å². The van der Waals surface area contributed by atoms with Gasteiger partial charge in [0.1, 0.15) is 0 Å². The minimum atomic E-state index is -0.309. The summed E-state index contributed by atoms with van der Waals surface area (Å²) in [6.45, 7) is 0.493. The van der Waals surface area contributed by atoms with Gasteiger partial charge >= 0.3 is 0 Å². The number of fused-ring (bicyclic) bond motifs is 2. The summed E-state index contributed by atoms with van der Waals surface area (Å²) >= 11 is 6.31. The topological polar surface area (TPSA) is 49.7 Å². The summed E-state index contributed by atoms with van der Waals surface area (Å²) in [5.74, 6) is 5.55. The second-order valence-corrected chi connectivity index (χ2v) is 7.84. The van der Waals surface area contributed by atoms with Crippen LogP contribution in [0.2, 0.25) is 5.02 Å². The molecule has 32 heavy (non-hydrogen) atoms. The van der Waals surface area contributed by atoms with Crippen molar-refractivity contribution in [2.24, 2.45) is 4.99 Å². The van der Waals surface area contributed by atoms with E-state index >= 15 is 0 Å². The summed E-state index contributed by atoms with van der Waals surface area (Å²) < 4.78 is 0. The highest BCUT2D eigenvalue weighted by Gasteiger charge is 2.34. The van der Waals surface area contributed by atoms with Crippen molar-refractivity contribution in [3.63, 3.8) is 0 Å². The molecule has 0 N–H and O–H groups in total. The first-order chi connectivity index (χ1) is 15.6. The van der Waals surface area contributed by atoms with Crippen LogP contribution in [-0.2, 0) is 0 Å². The quantitative estimate of drug-likeness (QED) is 0.425. The molecule has 0 radical (unpaired) electrons. The van der Waals surface area contributed by atoms with E-state index in [2.05, 4.69) is 11.8 Å². The number of amides is 2. The molecule has 0 aliphatic carbocycles. The molecule has 0 unspecified atom stereocenters. The number of imide groups is 1. The first-order valence-corrected chi connectivity index (χ1v) is 10.6. The van der Waals surface area contributed by atoms with Crippen molar-refractivity contribution < 1.29 is 9.59 Å². The van der Waals surface area contributed by atoms with Gasteiger partial charge < -0.3 is 0 Å². The summed E-state index contributed by atoms with van der Waals surface area (Å²) in [6.07, 6.45) is 1.96. The van der Waals surface area contributed by atoms with Gasteiger partial charge in [0.2, 0.25) is 0 Å². The zero-order valence-corrected chi connectivity index (χ0v) is 17.8. The van der Waals surface area contributed by atoms with Crippen LogP contribution in [0.15, 0.2) is 83.9 Å². The minimum Gasteiger partial charge on any atom is -0.280 e. The van der Waals surface area contributed by atoms with Crippen molar-refractivity contribution in [2.75, 3.05) is 13.1 Å². The summed E-state index contributed by atoms with van der Waals surface area (Å²) in [5, 5.41) is 0.618. The Labute approximate surface area is 190 Å². The lowest BCUT2D eigenvalue weighted by atomic mass is 9.94. The van der Waals surface area contributed by atoms with Crippen LogP contribution in [0.25, 0.3) is 5.57 Å². The third-order valence-electron chi connectivity index (χ3n) is 5.46. The van der Waals surface area contributed by atoms with Crippen LogP contribution in [0, 0.1) is 11.8 Å². The molecular weight excluding hydrogens is 420 g/mol. The maximum absolute atomic E-state index is 12.6. The smallest absolute Gasteiger partial charge is 0.262 e. The first-order valence-electron chi connectivity index (χ1n) is 10.2. The van der Waals surface area contributed by atoms with Gasteiger partial charge in [-0.15, -0.1) is 0 Å². The molecule has 3 aromatic carbocycles. The van der Waals surface area contributed by atoms with Gasteiger partial charge in [-0.2, -0.15) is 0 Å². The molecule has 0 saturated carbocycles. The van der Waals surface area contributed by atoms with Gasteiger partial charge in [-0.1, -0.05) is 72.0 Å². The molecule has 0 saturated heterocycles. The van der Waals surface area contributed by atoms with E-state index in [-0.39, 0.29) is 18.4 Å². The number of nitrogens with zero attached hydrogens (tertiary/aromatic N) is 2. The van der Waals surface area contributed by atoms with E-state index in [1.807, 2.05) is 54.6 Å². The Morgan fingerprint density at radius 1 is 0.844 bits per heavy atom. The monoisotopic (exact) mass is 436 g/mol. The molecule has 2 amide bonds. The number of rotatable bonds is 2. The Balaban J connectivity index is 1.45. The summed E-state index contributed by atoms with van der Waals surface area (Å²) in [4.78, 5) is 31.1. The fraction of sp³-hybridized carbons (Fsp3) is 0.0741. The van der Waals surface area contributed by atoms with E-state index in [0.717, 1.165) is 28.0 Å². The second kappa shape index (κ2) is 8.30. The number of aliphatic imine (C=N–C) groups is 1. The number of carbonyl (C=O) groups excluding carboxylic acids is 2. The Hall–Kier alpha value is -3.94. The molecule has 0 bridgehead atoms. The highest BCUT2D eigenvalue weighted by molar-refractivity contribution is 6.31. The standard InChI is InChI=1S/C27H17ClN2O2/c28-20-12-13-21-18(14-15-29-25(24(21)17-20)19-7-2-1-3-8-19)9-6-16-30-26(31)22-10-4-5-11-23(22)27(30)32/h1-5,7-8,10-14,17H,15-16H2. The molecule has 5 rings (SSSR count). The largest absolute Gasteiger partial charge is 0.280 e. The molecule has 0 atom stereocenters. The predicted octanol–water partition coefficient (Wildman–Crippen LogP) is 4.87. The van der Waals surface area contributed by atoms with Crippen molar-refractivity contribution in [1.82, 2.24) is 4.90 Å². The Morgan fingerprint density at radius 3 is 2.25 bits per heavy atom. The van der Waals surface area contributed by atoms with Gasteiger partial charge in [-0.25, -0.2) is 0 Å². The van der Waals surface area contributed by atoms with Gasteiger partial charge in [0.05, 0.1) is 29.9 Å². The fourth-order valence-electron chi connectivity index (χ4n) is 3.93. The molecule has 2 heterocycles. The number of carbonyl (C=O) groups is 2. The van der Waals surface area contributed by atoms with Crippen molar-refractivity contribution in [3.8, 4) is 11.8 Å². The van der Waals surface area contributed by atoms with E-state index in [1.165, 1.54) is 4.90 Å². The normalized spacial score (nSPS) is 14.6. The number of benzene rings is 3. The van der Waals surface area contributed by atoms with Crippen LogP contribution in [0.1, 0.15) is 37.4 Å². The van der Waals surface area contributed by atoms with Gasteiger partial charge in [0.15, 0.2) is 0 Å². The van der Waals surface area contributed by atoms with Crippen LogP contribution in [-0.4, -0.2) is 35.5 Å². The zero-order chi connectivity index (χ0) is 22.1. The summed E-state index contributed by atoms with van der Waals surface area (Å²) in [5.41, 5.74) is 5.33. The molecule has 3 aromatic rings. The van der Waals surface area contributed by atoms with Crippen LogP contribution >= 0.6 is 11.6 Å². The lowest BCUT2D eigenvalue weighted by Gasteiger charge is -2.11. The Bertz CT molecular complexity index is 1340. The van der Waals surface area contributed by atoms with E-state index in [1.54, 1.807) is 24.3 Å². The highest BCUT2D eigenvalue weighted by atomic mass is 35.5. The Kier molecular flexibility index (Phi) is 5.18. The second-order valence-electron chi connectivity index (χ2n) is 7.41. The van der Waals surface area contributed by atoms with Crippen LogP contribution in [0.5, 0.6) is 0 Å². The predicted molar refractivity (Wildman–Crippen MR) is 126 cm³/mol. The highest BCUT2D eigenvalue weighted by Crippen LogP contribution is 2.28. The molecule has 2 aliphatic heterocycles. The zero-order valence-electron chi connectivity index (χ0n) is 17.0. The number of allylic oxidation sites excluding steroid dienone is 1. The van der Waals surface area contributed by atoms with E-state index in [9.17, 15) is 9.59 Å². The SMILES string of the molecule is O=C1c2ccccc2C(=O)N1CC#CC1=CCN=C(c2ccccc2)c2cc(Cl)ccc21. The number of hydrogen-bond donors (Lipinski definition) is 0. The van der Waals surface area contributed by atoms with Gasteiger partial charge in [0, 0.05) is 21.7 Å². The number of hydrogen-bond acceptors (Lipinski definition) is 3. The van der Waals surface area contributed by atoms with E-state index in [0.29, 0.717) is 22.7 Å². The molecule has 154 valence electrons. The van der Waals surface area contributed by atoms with Gasteiger partial charge in [0.25, 0.3) is 11.8 Å². The molecule has 0 fully saturated rings. The van der Waals surface area contributed by atoms with Crippen molar-refractivity contribution >= 4 is 34.7 Å². The third kappa shape index (κ3) is 3.53. The Morgan fingerprint density at radius 2 is 1.53 bits per heavy atom. The van der Waals surface area contributed by atoms with Crippen LogP contribution in [0.3, 0.4) is 0 Å². The van der Waals surface area contributed by atoms with Gasteiger partial charge in [-0.3, -0.25) is 19.5 Å². The maximum Gasteiger partial charge on any atom is 0.262 e. The minimum absolute atomic E-state index is 0.0268.